The van der Waals surface area contributed by atoms with Crippen LogP contribution in [0.5, 0.6) is 0 Å². The molecule has 0 spiro atoms. The number of nitrogens with one attached hydrogen (secondary N) is 3. The van der Waals surface area contributed by atoms with Crippen molar-refractivity contribution in [1.29, 1.82) is 0 Å². The predicted molar refractivity (Wildman–Crippen MR) is 94.8 cm³/mol. The molecule has 0 unspecified atom stereocenters. The maximum Gasteiger partial charge on any atom is 0.323 e. The molecule has 0 saturated carbocycles. The van der Waals surface area contributed by atoms with Crippen molar-refractivity contribution in [1.82, 2.24) is 9.97 Å². The van der Waals surface area contributed by atoms with E-state index < -0.39 is 0 Å². The van der Waals surface area contributed by atoms with E-state index in [1.165, 1.54) is 18.5 Å². The molecule has 3 aromatic rings. The van der Waals surface area contributed by atoms with Crippen LogP contribution < -0.4 is 15.9 Å². The summed E-state index contributed by atoms with van der Waals surface area (Å²) in [7, 11) is 0. The monoisotopic (exact) mass is 322 g/mol. The number of benzene rings is 2. The lowest BCUT2D eigenvalue weighted by Crippen LogP contribution is -2.17. The van der Waals surface area contributed by atoms with Gasteiger partial charge in [0.25, 0.3) is 5.91 Å². The number of amides is 1. The van der Waals surface area contributed by atoms with Crippen molar-refractivity contribution in [2.75, 3.05) is 23.3 Å². The van der Waals surface area contributed by atoms with Crippen LogP contribution in [0, 0.1) is 0 Å². The summed E-state index contributed by atoms with van der Waals surface area (Å²) in [5.74, 6) is -0.201. The normalized spacial score (nSPS) is 14.2. The van der Waals surface area contributed by atoms with Crippen LogP contribution in [0.15, 0.2) is 47.3 Å². The Morgan fingerprint density at radius 1 is 0.958 bits per heavy atom. The van der Waals surface area contributed by atoms with E-state index in [4.69, 9.17) is 0 Å². The number of aromatic amines is 2. The summed E-state index contributed by atoms with van der Waals surface area (Å²) in [6.45, 7) is 2.20. The molecule has 1 aromatic heterocycles. The summed E-state index contributed by atoms with van der Waals surface area (Å²) in [4.78, 5) is 31.3. The van der Waals surface area contributed by atoms with Crippen molar-refractivity contribution >= 4 is 28.3 Å². The van der Waals surface area contributed by atoms with Gasteiger partial charge in [-0.25, -0.2) is 4.79 Å². The van der Waals surface area contributed by atoms with E-state index in [-0.39, 0.29) is 11.6 Å². The lowest BCUT2D eigenvalue weighted by atomic mass is 10.2. The van der Waals surface area contributed by atoms with E-state index in [0.29, 0.717) is 16.6 Å². The van der Waals surface area contributed by atoms with Crippen molar-refractivity contribution in [3.8, 4) is 0 Å². The predicted octanol–water partition coefficient (Wildman–Crippen LogP) is 2.71. The first-order valence-corrected chi connectivity index (χ1v) is 8.07. The lowest BCUT2D eigenvalue weighted by Gasteiger charge is -2.17. The van der Waals surface area contributed by atoms with Gasteiger partial charge in [0.15, 0.2) is 0 Å². The number of hydrogen-bond donors (Lipinski definition) is 3. The zero-order valence-electron chi connectivity index (χ0n) is 13.1. The minimum atomic E-state index is -0.278. The van der Waals surface area contributed by atoms with Crippen molar-refractivity contribution in [3.63, 3.8) is 0 Å². The van der Waals surface area contributed by atoms with Gasteiger partial charge in [0, 0.05) is 30.0 Å². The average molecular weight is 322 g/mol. The van der Waals surface area contributed by atoms with Crippen molar-refractivity contribution in [2.45, 2.75) is 12.8 Å². The summed E-state index contributed by atoms with van der Waals surface area (Å²) in [6, 6.07) is 13.0. The minimum Gasteiger partial charge on any atom is -0.372 e. The van der Waals surface area contributed by atoms with Crippen LogP contribution in [0.25, 0.3) is 11.0 Å². The Balaban J connectivity index is 1.50. The maximum absolute atomic E-state index is 12.4. The Labute approximate surface area is 138 Å². The number of H-pyrrole nitrogens is 2. The number of rotatable bonds is 3. The molecule has 6 heteroatoms. The molecule has 0 radical (unpaired) electrons. The van der Waals surface area contributed by atoms with Crippen LogP contribution in [0.3, 0.4) is 0 Å². The number of fused-ring (bicyclic) bond motifs is 1. The summed E-state index contributed by atoms with van der Waals surface area (Å²) in [5, 5.41) is 2.89. The van der Waals surface area contributed by atoms with Gasteiger partial charge in [-0.05, 0) is 55.3 Å². The zero-order chi connectivity index (χ0) is 16.5. The Morgan fingerprint density at radius 3 is 2.42 bits per heavy atom. The van der Waals surface area contributed by atoms with Gasteiger partial charge in [0.1, 0.15) is 0 Å². The first kappa shape index (κ1) is 14.6. The Bertz CT molecular complexity index is 934. The summed E-state index contributed by atoms with van der Waals surface area (Å²) >= 11 is 0. The van der Waals surface area contributed by atoms with Crippen LogP contribution in [0.2, 0.25) is 0 Å². The first-order valence-electron chi connectivity index (χ1n) is 8.07. The Kier molecular flexibility index (Phi) is 3.57. The van der Waals surface area contributed by atoms with Crippen molar-refractivity contribution in [3.05, 3.63) is 58.5 Å². The number of anilines is 2. The van der Waals surface area contributed by atoms with Crippen molar-refractivity contribution < 1.29 is 4.79 Å². The molecule has 4 rings (SSSR count). The molecule has 1 fully saturated rings. The van der Waals surface area contributed by atoms with Crippen LogP contribution in [0.4, 0.5) is 11.4 Å². The number of imidazole rings is 1. The van der Waals surface area contributed by atoms with Gasteiger partial charge < -0.3 is 20.2 Å². The maximum atomic E-state index is 12.4. The Morgan fingerprint density at radius 2 is 1.67 bits per heavy atom. The van der Waals surface area contributed by atoms with E-state index in [1.54, 1.807) is 18.2 Å². The van der Waals surface area contributed by atoms with Gasteiger partial charge in [-0.2, -0.15) is 0 Å². The molecule has 1 aliphatic rings. The van der Waals surface area contributed by atoms with Crippen LogP contribution >= 0.6 is 0 Å². The smallest absolute Gasteiger partial charge is 0.323 e. The highest BCUT2D eigenvalue weighted by Crippen LogP contribution is 2.22. The summed E-state index contributed by atoms with van der Waals surface area (Å²) in [5.41, 5.74) is 3.48. The van der Waals surface area contributed by atoms with Gasteiger partial charge >= 0.3 is 5.69 Å². The molecule has 0 bridgehead atoms. The molecule has 2 aromatic carbocycles. The highest BCUT2D eigenvalue weighted by molar-refractivity contribution is 6.05. The lowest BCUT2D eigenvalue weighted by molar-refractivity contribution is 0.102. The Hall–Kier alpha value is -3.02. The fraction of sp³-hybridized carbons (Fsp3) is 0.222. The third kappa shape index (κ3) is 2.78. The molecule has 1 aliphatic heterocycles. The topological polar surface area (TPSA) is 81.0 Å². The summed E-state index contributed by atoms with van der Waals surface area (Å²) in [6.07, 6.45) is 2.48. The van der Waals surface area contributed by atoms with Gasteiger partial charge in [-0.3, -0.25) is 4.79 Å². The van der Waals surface area contributed by atoms with Crippen molar-refractivity contribution in [2.24, 2.45) is 0 Å². The number of aromatic nitrogens is 2. The van der Waals surface area contributed by atoms with E-state index in [2.05, 4.69) is 20.2 Å². The molecule has 122 valence electrons. The molecular weight excluding hydrogens is 304 g/mol. The fourth-order valence-corrected chi connectivity index (χ4v) is 3.11. The third-order valence-corrected chi connectivity index (χ3v) is 4.37. The molecule has 2 heterocycles. The second-order valence-corrected chi connectivity index (χ2v) is 6.03. The molecule has 24 heavy (non-hydrogen) atoms. The molecular formula is C18H18N4O2. The summed E-state index contributed by atoms with van der Waals surface area (Å²) < 4.78 is 0. The second kappa shape index (κ2) is 5.88. The number of carbonyl (C=O) groups is 1. The molecule has 1 saturated heterocycles. The molecule has 3 N–H and O–H groups in total. The molecule has 6 nitrogen and oxygen atoms in total. The van der Waals surface area contributed by atoms with Crippen LogP contribution in [0.1, 0.15) is 23.2 Å². The zero-order valence-corrected chi connectivity index (χ0v) is 13.1. The standard InChI is InChI=1S/C18H18N4O2/c23-17(12-3-8-15-16(11-12)21-18(24)20-15)19-13-4-6-14(7-5-13)22-9-1-2-10-22/h3-8,11H,1-2,9-10H2,(H,19,23)(H2,20,21,24). The SMILES string of the molecule is O=C(Nc1ccc(N2CCCC2)cc1)c1ccc2[nH]c(=O)[nH]c2c1. The van der Waals surface area contributed by atoms with E-state index in [1.807, 2.05) is 24.3 Å². The minimum absolute atomic E-state index is 0.201. The number of hydrogen-bond acceptors (Lipinski definition) is 3. The number of nitrogens with zero attached hydrogens (tertiary/aromatic N) is 1. The quantitative estimate of drug-likeness (QED) is 0.693. The number of carbonyl (C=O) groups excluding carboxylic acids is 1. The van der Waals surface area contributed by atoms with Crippen LogP contribution in [-0.4, -0.2) is 29.0 Å². The molecule has 0 aliphatic carbocycles. The fourth-order valence-electron chi connectivity index (χ4n) is 3.11. The average Bonchev–Trinajstić information content (AvgIpc) is 3.23. The van der Waals surface area contributed by atoms with E-state index >= 15 is 0 Å². The highest BCUT2D eigenvalue weighted by atomic mass is 16.2. The van der Waals surface area contributed by atoms with Gasteiger partial charge in [0.05, 0.1) is 11.0 Å². The van der Waals surface area contributed by atoms with E-state index in [0.717, 1.165) is 18.8 Å². The molecule has 1 amide bonds. The van der Waals surface area contributed by atoms with Gasteiger partial charge in [0.2, 0.25) is 0 Å². The highest BCUT2D eigenvalue weighted by Gasteiger charge is 2.12. The molecule has 0 atom stereocenters. The first-order chi connectivity index (χ1) is 11.7. The van der Waals surface area contributed by atoms with Gasteiger partial charge in [-0.15, -0.1) is 0 Å². The third-order valence-electron chi connectivity index (χ3n) is 4.37. The second-order valence-electron chi connectivity index (χ2n) is 6.03. The van der Waals surface area contributed by atoms with E-state index in [9.17, 15) is 9.59 Å². The van der Waals surface area contributed by atoms with Gasteiger partial charge in [-0.1, -0.05) is 0 Å². The largest absolute Gasteiger partial charge is 0.372 e. The van der Waals surface area contributed by atoms with Crippen LogP contribution in [-0.2, 0) is 0 Å².